The van der Waals surface area contributed by atoms with Gasteiger partial charge in [-0.2, -0.15) is 0 Å². The maximum absolute atomic E-state index is 9.18. The first-order valence-electron chi connectivity index (χ1n) is 6.21. The Morgan fingerprint density at radius 2 is 1.69 bits per heavy atom. The van der Waals surface area contributed by atoms with Crippen molar-refractivity contribution in [2.75, 3.05) is 0 Å². The zero-order valence-electron chi connectivity index (χ0n) is 10.2. The van der Waals surface area contributed by atoms with Crippen molar-refractivity contribution in [1.29, 1.82) is 0 Å². The van der Waals surface area contributed by atoms with Crippen LogP contribution in [0.15, 0.2) is 30.8 Å². The number of benzene rings is 1. The molecule has 1 aromatic carbocycles. The van der Waals surface area contributed by atoms with E-state index in [9.17, 15) is 5.11 Å². The van der Waals surface area contributed by atoms with Crippen molar-refractivity contribution in [3.05, 3.63) is 36.4 Å². The van der Waals surface area contributed by atoms with Crippen LogP contribution < -0.4 is 0 Å². The molecule has 0 atom stereocenters. The van der Waals surface area contributed by atoms with Crippen LogP contribution in [0, 0.1) is 0 Å². The van der Waals surface area contributed by atoms with Gasteiger partial charge in [0, 0.05) is 0 Å². The van der Waals surface area contributed by atoms with Gasteiger partial charge in [-0.05, 0) is 36.1 Å². The van der Waals surface area contributed by atoms with Crippen molar-refractivity contribution >= 4 is 5.57 Å². The number of aromatic hydroxyl groups is 1. The molecule has 0 spiro atoms. The molecule has 0 radical (unpaired) electrons. The molecule has 1 heteroatoms. The van der Waals surface area contributed by atoms with Crippen molar-refractivity contribution in [2.45, 2.75) is 45.4 Å². The van der Waals surface area contributed by atoms with Crippen LogP contribution >= 0.6 is 0 Å². The summed E-state index contributed by atoms with van der Waals surface area (Å²) in [6.45, 7) is 6.32. The fraction of sp³-hybridized carbons (Fsp3) is 0.467. The van der Waals surface area contributed by atoms with Crippen molar-refractivity contribution in [3.63, 3.8) is 0 Å². The smallest absolute Gasteiger partial charge is 0.115 e. The molecule has 1 N–H and O–H groups in total. The highest BCUT2D eigenvalue weighted by Crippen LogP contribution is 2.21. The summed E-state index contributed by atoms with van der Waals surface area (Å²) >= 11 is 0. The van der Waals surface area contributed by atoms with E-state index in [2.05, 4.69) is 13.5 Å². The molecule has 0 aliphatic carbocycles. The maximum atomic E-state index is 9.18. The van der Waals surface area contributed by atoms with Crippen molar-refractivity contribution < 1.29 is 5.11 Å². The lowest BCUT2D eigenvalue weighted by Crippen LogP contribution is -1.84. The molecule has 0 fully saturated rings. The van der Waals surface area contributed by atoms with Gasteiger partial charge in [-0.3, -0.25) is 0 Å². The van der Waals surface area contributed by atoms with Crippen LogP contribution in [0.5, 0.6) is 5.75 Å². The van der Waals surface area contributed by atoms with Gasteiger partial charge in [0.25, 0.3) is 0 Å². The maximum Gasteiger partial charge on any atom is 0.115 e. The zero-order valence-corrected chi connectivity index (χ0v) is 10.2. The molecule has 0 amide bonds. The Kier molecular flexibility index (Phi) is 5.69. The van der Waals surface area contributed by atoms with E-state index in [4.69, 9.17) is 0 Å². The van der Waals surface area contributed by atoms with Crippen LogP contribution in [0.4, 0.5) is 0 Å². The van der Waals surface area contributed by atoms with Crippen molar-refractivity contribution in [1.82, 2.24) is 0 Å². The third-order valence-electron chi connectivity index (χ3n) is 2.86. The van der Waals surface area contributed by atoms with E-state index in [0.29, 0.717) is 5.75 Å². The summed E-state index contributed by atoms with van der Waals surface area (Å²) in [6, 6.07) is 7.31. The fourth-order valence-electron chi connectivity index (χ4n) is 1.78. The lowest BCUT2D eigenvalue weighted by Gasteiger charge is -2.06. The molecule has 0 aliphatic rings. The predicted molar refractivity (Wildman–Crippen MR) is 70.5 cm³/mol. The highest BCUT2D eigenvalue weighted by atomic mass is 16.3. The quantitative estimate of drug-likeness (QED) is 0.654. The molecular weight excluding hydrogens is 196 g/mol. The molecule has 0 saturated carbocycles. The van der Waals surface area contributed by atoms with Gasteiger partial charge in [-0.15, -0.1) is 0 Å². The summed E-state index contributed by atoms with van der Waals surface area (Å²) in [5, 5.41) is 9.18. The molecular formula is C15H22O. The molecule has 0 aliphatic heterocycles. The molecule has 0 saturated heterocycles. The van der Waals surface area contributed by atoms with Gasteiger partial charge in [0.2, 0.25) is 0 Å². The van der Waals surface area contributed by atoms with Gasteiger partial charge in [0.05, 0.1) is 0 Å². The second-order valence-corrected chi connectivity index (χ2v) is 4.31. The largest absolute Gasteiger partial charge is 0.508 e. The van der Waals surface area contributed by atoms with Gasteiger partial charge in [0.15, 0.2) is 0 Å². The van der Waals surface area contributed by atoms with E-state index in [1.54, 1.807) is 12.1 Å². The zero-order chi connectivity index (χ0) is 11.8. The third kappa shape index (κ3) is 4.52. The van der Waals surface area contributed by atoms with Gasteiger partial charge >= 0.3 is 0 Å². The number of phenols is 1. The van der Waals surface area contributed by atoms with Gasteiger partial charge in [-0.1, -0.05) is 51.3 Å². The molecule has 1 nitrogen and oxygen atoms in total. The van der Waals surface area contributed by atoms with E-state index in [1.165, 1.54) is 37.7 Å². The lowest BCUT2D eigenvalue weighted by atomic mass is 10.0. The summed E-state index contributed by atoms with van der Waals surface area (Å²) in [5.74, 6) is 0.319. The first-order chi connectivity index (χ1) is 7.74. The van der Waals surface area contributed by atoms with Crippen LogP contribution in [0.3, 0.4) is 0 Å². The Bertz CT molecular complexity index is 311. The van der Waals surface area contributed by atoms with Gasteiger partial charge in [-0.25, -0.2) is 0 Å². The van der Waals surface area contributed by atoms with E-state index in [0.717, 1.165) is 12.0 Å². The Balaban J connectivity index is 2.27. The Labute approximate surface area is 98.8 Å². The highest BCUT2D eigenvalue weighted by molar-refractivity contribution is 5.63. The van der Waals surface area contributed by atoms with Crippen molar-refractivity contribution in [2.24, 2.45) is 0 Å². The Morgan fingerprint density at radius 1 is 1.06 bits per heavy atom. The standard InChI is InChI=1S/C15H22O/c1-3-4-5-6-7-8-13(2)14-9-11-15(16)12-10-14/h9-12,16H,2-8H2,1H3. The van der Waals surface area contributed by atoms with Gasteiger partial charge in [0.1, 0.15) is 5.75 Å². The fourth-order valence-corrected chi connectivity index (χ4v) is 1.78. The van der Waals surface area contributed by atoms with Crippen LogP contribution in [-0.2, 0) is 0 Å². The molecule has 0 heterocycles. The number of phenolic OH excluding ortho intramolecular Hbond substituents is 1. The van der Waals surface area contributed by atoms with E-state index in [1.807, 2.05) is 12.1 Å². The second kappa shape index (κ2) is 7.10. The second-order valence-electron chi connectivity index (χ2n) is 4.31. The average molecular weight is 218 g/mol. The van der Waals surface area contributed by atoms with E-state index < -0.39 is 0 Å². The third-order valence-corrected chi connectivity index (χ3v) is 2.86. The molecule has 0 aromatic heterocycles. The first-order valence-corrected chi connectivity index (χ1v) is 6.21. The SMILES string of the molecule is C=C(CCCCCCC)c1ccc(O)cc1. The molecule has 0 bridgehead atoms. The molecule has 1 aromatic rings. The topological polar surface area (TPSA) is 20.2 Å². The normalized spacial score (nSPS) is 10.3. The summed E-state index contributed by atoms with van der Waals surface area (Å²) < 4.78 is 0. The summed E-state index contributed by atoms with van der Waals surface area (Å²) in [6.07, 6.45) is 7.54. The predicted octanol–water partition coefficient (Wildman–Crippen LogP) is 4.77. The number of allylic oxidation sites excluding steroid dienone is 1. The molecule has 16 heavy (non-hydrogen) atoms. The minimum absolute atomic E-state index is 0.319. The number of unbranched alkanes of at least 4 members (excludes halogenated alkanes) is 4. The molecule has 0 unspecified atom stereocenters. The Hall–Kier alpha value is -1.24. The van der Waals surface area contributed by atoms with E-state index in [-0.39, 0.29) is 0 Å². The number of hydrogen-bond donors (Lipinski definition) is 1. The van der Waals surface area contributed by atoms with Crippen LogP contribution in [0.25, 0.3) is 5.57 Å². The minimum Gasteiger partial charge on any atom is -0.508 e. The molecule has 1 rings (SSSR count). The summed E-state index contributed by atoms with van der Waals surface area (Å²) in [4.78, 5) is 0. The van der Waals surface area contributed by atoms with Crippen LogP contribution in [-0.4, -0.2) is 5.11 Å². The highest BCUT2D eigenvalue weighted by Gasteiger charge is 1.99. The molecule has 88 valence electrons. The number of hydrogen-bond acceptors (Lipinski definition) is 1. The summed E-state index contributed by atoms with van der Waals surface area (Å²) in [7, 11) is 0. The Morgan fingerprint density at radius 3 is 2.31 bits per heavy atom. The van der Waals surface area contributed by atoms with Crippen LogP contribution in [0.1, 0.15) is 51.0 Å². The number of rotatable bonds is 7. The monoisotopic (exact) mass is 218 g/mol. The van der Waals surface area contributed by atoms with Gasteiger partial charge < -0.3 is 5.11 Å². The summed E-state index contributed by atoms with van der Waals surface area (Å²) in [5.41, 5.74) is 2.32. The van der Waals surface area contributed by atoms with Crippen LogP contribution in [0.2, 0.25) is 0 Å². The van der Waals surface area contributed by atoms with E-state index >= 15 is 0 Å². The van der Waals surface area contributed by atoms with Crippen molar-refractivity contribution in [3.8, 4) is 5.75 Å². The lowest BCUT2D eigenvalue weighted by molar-refractivity contribution is 0.475. The first kappa shape index (κ1) is 12.8. The average Bonchev–Trinajstić information content (AvgIpc) is 2.29. The minimum atomic E-state index is 0.319.